The Balaban J connectivity index is 1.84. The Morgan fingerprint density at radius 1 is 1.04 bits per heavy atom. The van der Waals surface area contributed by atoms with Crippen molar-refractivity contribution < 1.29 is 26.7 Å². The van der Waals surface area contributed by atoms with Crippen molar-refractivity contribution in [1.82, 2.24) is 4.31 Å². The van der Waals surface area contributed by atoms with Crippen molar-refractivity contribution in [3.8, 4) is 18.1 Å². The number of halogens is 5. The summed E-state index contributed by atoms with van der Waals surface area (Å²) in [5.41, 5.74) is 0.757. The molecule has 2 nitrogen and oxygen atoms in total. The minimum Gasteiger partial charge on any atom is -0.481 e. The molecule has 1 aliphatic rings. The quantitative estimate of drug-likeness (QED) is 0.212. The Labute approximate surface area is 157 Å². The Hall–Kier alpha value is -2.24. The first kappa shape index (κ1) is 19.5. The van der Waals surface area contributed by atoms with E-state index in [9.17, 15) is 22.0 Å². The van der Waals surface area contributed by atoms with Gasteiger partial charge in [-0.3, -0.25) is 0 Å². The lowest BCUT2D eigenvalue weighted by molar-refractivity contribution is 0.357. The third kappa shape index (κ3) is 4.37. The summed E-state index contributed by atoms with van der Waals surface area (Å²) in [5.74, 6) is -6.83. The van der Waals surface area contributed by atoms with Crippen molar-refractivity contribution in [2.24, 2.45) is 0 Å². The molecule has 0 spiro atoms. The first-order chi connectivity index (χ1) is 12.9. The fraction of sp³-hybridized carbons (Fsp3) is 0.263. The number of nitrogens with zero attached hydrogens (tertiary/aromatic N) is 1. The molecular formula is C19H14F5NOS. The van der Waals surface area contributed by atoms with E-state index in [0.717, 1.165) is 18.4 Å². The van der Waals surface area contributed by atoms with Crippen LogP contribution in [0.3, 0.4) is 0 Å². The molecule has 1 aliphatic carbocycles. The van der Waals surface area contributed by atoms with E-state index in [2.05, 4.69) is 5.92 Å². The number of ether oxygens (including phenoxy) is 1. The second-order valence-corrected chi connectivity index (χ2v) is 7.00. The summed E-state index contributed by atoms with van der Waals surface area (Å²) in [5, 5.41) is 0. The van der Waals surface area contributed by atoms with Gasteiger partial charge in [0.2, 0.25) is 5.82 Å². The van der Waals surface area contributed by atoms with Gasteiger partial charge in [-0.25, -0.2) is 26.3 Å². The lowest BCUT2D eigenvalue weighted by Crippen LogP contribution is -2.19. The van der Waals surface area contributed by atoms with Crippen molar-refractivity contribution in [3.63, 3.8) is 0 Å². The Bertz CT molecular complexity index is 865. The topological polar surface area (TPSA) is 12.5 Å². The molecule has 0 bridgehead atoms. The van der Waals surface area contributed by atoms with E-state index in [1.54, 1.807) is 28.6 Å². The van der Waals surface area contributed by atoms with Crippen LogP contribution in [0.5, 0.6) is 5.75 Å². The van der Waals surface area contributed by atoms with Crippen LogP contribution in [0.1, 0.15) is 18.4 Å². The van der Waals surface area contributed by atoms with Crippen LogP contribution in [-0.2, 0) is 6.54 Å². The number of terminal acetylenes is 1. The number of hydrogen-bond donors (Lipinski definition) is 0. The first-order valence-corrected chi connectivity index (χ1v) is 8.81. The van der Waals surface area contributed by atoms with Crippen LogP contribution in [0.4, 0.5) is 22.0 Å². The van der Waals surface area contributed by atoms with Gasteiger partial charge in [0.1, 0.15) is 17.3 Å². The predicted molar refractivity (Wildman–Crippen MR) is 91.4 cm³/mol. The maximum atomic E-state index is 14.0. The third-order valence-electron chi connectivity index (χ3n) is 3.89. The fourth-order valence-corrected chi connectivity index (χ4v) is 3.57. The highest BCUT2D eigenvalue weighted by Crippen LogP contribution is 2.40. The minimum absolute atomic E-state index is 0.0136. The van der Waals surface area contributed by atoms with Crippen molar-refractivity contribution in [2.45, 2.75) is 30.3 Å². The zero-order chi connectivity index (χ0) is 19.6. The van der Waals surface area contributed by atoms with Gasteiger partial charge in [-0.15, -0.1) is 6.42 Å². The Kier molecular flexibility index (Phi) is 5.92. The summed E-state index contributed by atoms with van der Waals surface area (Å²) in [6.07, 6.45) is 6.69. The van der Waals surface area contributed by atoms with Crippen molar-refractivity contribution >= 4 is 11.9 Å². The number of benzene rings is 2. The van der Waals surface area contributed by atoms with Gasteiger partial charge < -0.3 is 4.74 Å². The highest BCUT2D eigenvalue weighted by Gasteiger charge is 2.34. The lowest BCUT2D eigenvalue weighted by Gasteiger charge is -2.22. The third-order valence-corrected chi connectivity index (χ3v) is 5.09. The maximum absolute atomic E-state index is 14.0. The van der Waals surface area contributed by atoms with Gasteiger partial charge in [0.25, 0.3) is 0 Å². The number of hydrogen-bond acceptors (Lipinski definition) is 3. The Morgan fingerprint density at radius 2 is 1.67 bits per heavy atom. The minimum atomic E-state index is -2.16. The largest absolute Gasteiger partial charge is 0.481 e. The molecule has 0 heterocycles. The van der Waals surface area contributed by atoms with Gasteiger partial charge in [-0.05, 0) is 42.5 Å². The van der Waals surface area contributed by atoms with Gasteiger partial charge in [-0.2, -0.15) is 0 Å². The summed E-state index contributed by atoms with van der Waals surface area (Å²) in [6, 6.07) is 6.91. The summed E-state index contributed by atoms with van der Waals surface area (Å²) < 4.78 is 75.0. The van der Waals surface area contributed by atoms with E-state index in [4.69, 9.17) is 11.2 Å². The molecule has 1 saturated carbocycles. The molecule has 0 unspecified atom stereocenters. The van der Waals surface area contributed by atoms with Gasteiger partial charge >= 0.3 is 0 Å². The van der Waals surface area contributed by atoms with Gasteiger partial charge in [0.05, 0.1) is 0 Å². The zero-order valence-electron chi connectivity index (χ0n) is 13.9. The summed E-state index contributed by atoms with van der Waals surface area (Å²) in [6.45, 7) is 0.331. The molecular weight excluding hydrogens is 385 g/mol. The fourth-order valence-electron chi connectivity index (χ4n) is 2.42. The zero-order valence-corrected chi connectivity index (χ0v) is 14.8. The van der Waals surface area contributed by atoms with E-state index < -0.39 is 34.0 Å². The molecule has 1 fully saturated rings. The van der Waals surface area contributed by atoms with Gasteiger partial charge in [-0.1, -0.05) is 18.1 Å². The average Bonchev–Trinajstić information content (AvgIpc) is 3.51. The molecule has 3 rings (SSSR count). The summed E-state index contributed by atoms with van der Waals surface area (Å²) >= 11 is 0.532. The molecule has 8 heteroatoms. The Morgan fingerprint density at radius 3 is 2.26 bits per heavy atom. The van der Waals surface area contributed by atoms with Gasteiger partial charge in [0, 0.05) is 12.6 Å². The highest BCUT2D eigenvalue weighted by atomic mass is 32.2. The van der Waals surface area contributed by atoms with Crippen LogP contribution in [0.25, 0.3) is 0 Å². The molecule has 2 aromatic rings. The van der Waals surface area contributed by atoms with Crippen molar-refractivity contribution in [3.05, 3.63) is 58.9 Å². The maximum Gasteiger partial charge on any atom is 0.200 e. The normalized spacial score (nSPS) is 13.7. The van der Waals surface area contributed by atoms with E-state index in [-0.39, 0.29) is 19.2 Å². The first-order valence-electron chi connectivity index (χ1n) is 8.03. The van der Waals surface area contributed by atoms with Crippen LogP contribution in [-0.4, -0.2) is 17.0 Å². The second kappa shape index (κ2) is 8.19. The van der Waals surface area contributed by atoms with Crippen molar-refractivity contribution in [1.29, 1.82) is 0 Å². The molecule has 0 aliphatic heterocycles. The molecule has 0 aromatic heterocycles. The molecule has 2 aromatic carbocycles. The molecule has 0 amide bonds. The second-order valence-electron chi connectivity index (χ2n) is 5.94. The average molecular weight is 399 g/mol. The molecule has 0 atom stereocenters. The smallest absolute Gasteiger partial charge is 0.200 e. The lowest BCUT2D eigenvalue weighted by atomic mass is 10.2. The van der Waals surface area contributed by atoms with E-state index in [1.165, 1.54) is 0 Å². The van der Waals surface area contributed by atoms with Crippen LogP contribution in [0, 0.1) is 41.4 Å². The molecule has 142 valence electrons. The van der Waals surface area contributed by atoms with Crippen LogP contribution < -0.4 is 4.74 Å². The van der Waals surface area contributed by atoms with E-state index >= 15 is 0 Å². The molecule has 0 N–H and O–H groups in total. The summed E-state index contributed by atoms with van der Waals surface area (Å²) in [7, 11) is 0. The van der Waals surface area contributed by atoms with Crippen LogP contribution in [0.2, 0.25) is 0 Å². The van der Waals surface area contributed by atoms with Gasteiger partial charge in [0.15, 0.2) is 23.3 Å². The van der Waals surface area contributed by atoms with Crippen LogP contribution >= 0.6 is 11.9 Å². The molecule has 27 heavy (non-hydrogen) atoms. The van der Waals surface area contributed by atoms with Crippen molar-refractivity contribution in [2.75, 3.05) is 6.61 Å². The van der Waals surface area contributed by atoms with E-state index in [1.807, 2.05) is 0 Å². The highest BCUT2D eigenvalue weighted by molar-refractivity contribution is 7.97. The summed E-state index contributed by atoms with van der Waals surface area (Å²) in [4.78, 5) is -0.905. The number of rotatable bonds is 7. The monoisotopic (exact) mass is 399 g/mol. The molecule has 0 radical (unpaired) electrons. The molecule has 0 saturated heterocycles. The van der Waals surface area contributed by atoms with Crippen LogP contribution in [0.15, 0.2) is 29.2 Å². The predicted octanol–water partition coefficient (Wildman–Crippen LogP) is 5.07. The standard InChI is InChI=1S/C19H14F5NOS/c1-2-8-26-13-5-3-4-11(9-13)10-25(12-6-7-12)27-19-17(23)15(21)14(20)16(22)18(19)24/h1,3-5,9,12H,6-8,10H2. The SMILES string of the molecule is C#CCOc1cccc(CN(Sc2c(F)c(F)c(F)c(F)c2F)C2CC2)c1. The van der Waals surface area contributed by atoms with E-state index in [0.29, 0.717) is 17.7 Å².